The average molecular weight is 440 g/mol. The summed E-state index contributed by atoms with van der Waals surface area (Å²) in [7, 11) is -3.64. The van der Waals surface area contributed by atoms with Gasteiger partial charge in [-0.1, -0.05) is 42.3 Å². The molecule has 2 N–H and O–H groups in total. The van der Waals surface area contributed by atoms with Crippen LogP contribution in [0.5, 0.6) is 0 Å². The van der Waals surface area contributed by atoms with Crippen LogP contribution in [0.15, 0.2) is 47.4 Å². The highest BCUT2D eigenvalue weighted by atomic mass is 32.2. The third-order valence-corrected chi connectivity index (χ3v) is 7.46. The van der Waals surface area contributed by atoms with E-state index in [0.29, 0.717) is 24.5 Å². The zero-order valence-corrected chi connectivity index (χ0v) is 18.4. The maximum atomic E-state index is 13.1. The lowest BCUT2D eigenvalue weighted by Gasteiger charge is -2.26. The van der Waals surface area contributed by atoms with Crippen LogP contribution in [0.4, 0.5) is 5.95 Å². The quantitative estimate of drug-likeness (QED) is 0.632. The summed E-state index contributed by atoms with van der Waals surface area (Å²) in [6.07, 6.45) is 2.74. The van der Waals surface area contributed by atoms with Crippen molar-refractivity contribution in [3.63, 3.8) is 0 Å². The molecular weight excluding hydrogens is 414 g/mol. The number of hydrogen-bond donors (Lipinski definition) is 2. The molecule has 2 heterocycles. The first-order valence-electron chi connectivity index (χ1n) is 10.3. The van der Waals surface area contributed by atoms with Crippen molar-refractivity contribution in [3.8, 4) is 11.4 Å². The van der Waals surface area contributed by atoms with E-state index >= 15 is 0 Å². The summed E-state index contributed by atoms with van der Waals surface area (Å²) >= 11 is 0. The second kappa shape index (κ2) is 8.60. The number of piperidine rings is 1. The van der Waals surface area contributed by atoms with Crippen LogP contribution in [0.2, 0.25) is 0 Å². The summed E-state index contributed by atoms with van der Waals surface area (Å²) in [5, 5.41) is 9.49. The predicted molar refractivity (Wildman–Crippen MR) is 118 cm³/mol. The van der Waals surface area contributed by atoms with Gasteiger partial charge >= 0.3 is 0 Å². The Bertz CT molecular complexity index is 1200. The summed E-state index contributed by atoms with van der Waals surface area (Å²) in [5.74, 6) is 0.193. The molecule has 1 aromatic heterocycles. The molecule has 1 aliphatic heterocycles. The molecule has 4 rings (SSSR count). The highest BCUT2D eigenvalue weighted by Gasteiger charge is 2.28. The fourth-order valence-electron chi connectivity index (χ4n) is 3.60. The van der Waals surface area contributed by atoms with Crippen LogP contribution in [0, 0.1) is 13.8 Å². The Balaban J connectivity index is 1.54. The Morgan fingerprint density at radius 1 is 1.03 bits per heavy atom. The van der Waals surface area contributed by atoms with Crippen LogP contribution in [0.1, 0.15) is 40.7 Å². The molecule has 8 nitrogen and oxygen atoms in total. The lowest BCUT2D eigenvalue weighted by Crippen LogP contribution is -2.36. The minimum absolute atomic E-state index is 0.126. The number of aryl methyl sites for hydroxylation is 2. The van der Waals surface area contributed by atoms with E-state index < -0.39 is 15.9 Å². The van der Waals surface area contributed by atoms with Gasteiger partial charge in [-0.05, 0) is 44.4 Å². The molecule has 1 aliphatic rings. The highest BCUT2D eigenvalue weighted by molar-refractivity contribution is 7.89. The fourth-order valence-corrected chi connectivity index (χ4v) is 5.36. The summed E-state index contributed by atoms with van der Waals surface area (Å²) in [6.45, 7) is 4.76. The number of nitrogens with one attached hydrogen (secondary N) is 2. The van der Waals surface area contributed by atoms with Gasteiger partial charge in [-0.3, -0.25) is 15.2 Å². The van der Waals surface area contributed by atoms with Gasteiger partial charge < -0.3 is 0 Å². The van der Waals surface area contributed by atoms with Crippen LogP contribution in [0.3, 0.4) is 0 Å². The number of H-pyrrole nitrogens is 1. The molecule has 0 unspecified atom stereocenters. The molecule has 162 valence electrons. The minimum atomic E-state index is -3.64. The van der Waals surface area contributed by atoms with E-state index in [0.717, 1.165) is 30.4 Å². The lowest BCUT2D eigenvalue weighted by molar-refractivity contribution is 0.102. The minimum Gasteiger partial charge on any atom is -0.289 e. The van der Waals surface area contributed by atoms with Gasteiger partial charge in [-0.25, -0.2) is 8.42 Å². The number of hydrogen-bond acceptors (Lipinski definition) is 5. The van der Waals surface area contributed by atoms with Crippen LogP contribution in [-0.2, 0) is 10.0 Å². The van der Waals surface area contributed by atoms with Gasteiger partial charge in [-0.2, -0.15) is 9.29 Å². The van der Waals surface area contributed by atoms with E-state index in [9.17, 15) is 13.2 Å². The van der Waals surface area contributed by atoms with Gasteiger partial charge in [0.2, 0.25) is 16.0 Å². The van der Waals surface area contributed by atoms with Crippen molar-refractivity contribution in [2.24, 2.45) is 0 Å². The van der Waals surface area contributed by atoms with Gasteiger partial charge in [0.1, 0.15) is 0 Å². The van der Waals surface area contributed by atoms with E-state index in [1.165, 1.54) is 10.4 Å². The maximum Gasteiger partial charge on any atom is 0.258 e. The molecule has 0 atom stereocenters. The summed E-state index contributed by atoms with van der Waals surface area (Å²) in [4.78, 5) is 17.2. The summed E-state index contributed by atoms with van der Waals surface area (Å²) < 4.78 is 27.7. The highest BCUT2D eigenvalue weighted by Crippen LogP contribution is 2.25. The van der Waals surface area contributed by atoms with E-state index in [4.69, 9.17) is 0 Å². The molecule has 1 fully saturated rings. The molecular formula is C22H25N5O3S. The Morgan fingerprint density at radius 2 is 1.74 bits per heavy atom. The second-order valence-electron chi connectivity index (χ2n) is 7.77. The van der Waals surface area contributed by atoms with E-state index in [2.05, 4.69) is 20.5 Å². The van der Waals surface area contributed by atoms with Gasteiger partial charge in [0.15, 0.2) is 5.82 Å². The van der Waals surface area contributed by atoms with Gasteiger partial charge in [0, 0.05) is 24.2 Å². The number of amides is 1. The molecule has 0 aliphatic carbocycles. The standard InChI is InChI=1S/C22H25N5O3S/c1-15-6-9-17(10-7-15)20-23-22(26-25-20)24-21(28)18-11-8-16(2)19(14-18)31(29,30)27-12-4-3-5-13-27/h6-11,14H,3-5,12-13H2,1-2H3,(H2,23,24,25,26,28). The van der Waals surface area contributed by atoms with Crippen molar-refractivity contribution >= 4 is 21.9 Å². The molecule has 9 heteroatoms. The molecule has 0 spiro atoms. The lowest BCUT2D eigenvalue weighted by atomic mass is 10.1. The van der Waals surface area contributed by atoms with E-state index in [1.807, 2.05) is 31.2 Å². The zero-order valence-electron chi connectivity index (χ0n) is 17.6. The summed E-state index contributed by atoms with van der Waals surface area (Å²) in [6, 6.07) is 12.5. The molecule has 31 heavy (non-hydrogen) atoms. The average Bonchev–Trinajstić information content (AvgIpc) is 3.23. The number of benzene rings is 2. The van der Waals surface area contributed by atoms with Crippen molar-refractivity contribution in [2.75, 3.05) is 18.4 Å². The number of nitrogens with zero attached hydrogens (tertiary/aromatic N) is 3. The van der Waals surface area contributed by atoms with Crippen molar-refractivity contribution in [1.29, 1.82) is 0 Å². The Hall–Kier alpha value is -3.04. The molecule has 2 aromatic carbocycles. The molecule has 0 radical (unpaired) electrons. The Labute approximate surface area is 181 Å². The van der Waals surface area contributed by atoms with Crippen LogP contribution in [-0.4, -0.2) is 46.9 Å². The van der Waals surface area contributed by atoms with Crippen LogP contribution in [0.25, 0.3) is 11.4 Å². The predicted octanol–water partition coefficient (Wildman–Crippen LogP) is 3.52. The van der Waals surface area contributed by atoms with Crippen LogP contribution < -0.4 is 5.32 Å². The first kappa shape index (κ1) is 21.2. The molecule has 1 amide bonds. The van der Waals surface area contributed by atoms with E-state index in [-0.39, 0.29) is 16.4 Å². The Morgan fingerprint density at radius 3 is 2.45 bits per heavy atom. The third kappa shape index (κ3) is 4.52. The number of aromatic nitrogens is 3. The number of carbonyl (C=O) groups excluding carboxylic acids is 1. The van der Waals surface area contributed by atoms with Gasteiger partial charge in [0.05, 0.1) is 4.90 Å². The van der Waals surface area contributed by atoms with Crippen molar-refractivity contribution < 1.29 is 13.2 Å². The molecule has 1 saturated heterocycles. The monoisotopic (exact) mass is 439 g/mol. The molecule has 0 saturated carbocycles. The summed E-state index contributed by atoms with van der Waals surface area (Å²) in [5.41, 5.74) is 2.83. The van der Waals surface area contributed by atoms with Crippen molar-refractivity contribution in [3.05, 3.63) is 59.2 Å². The SMILES string of the molecule is Cc1ccc(-c2nc(NC(=O)c3ccc(C)c(S(=O)(=O)N4CCCCC4)c3)n[nH]2)cc1. The van der Waals surface area contributed by atoms with Crippen molar-refractivity contribution in [2.45, 2.75) is 38.0 Å². The van der Waals surface area contributed by atoms with Crippen LogP contribution >= 0.6 is 0 Å². The topological polar surface area (TPSA) is 108 Å². The smallest absolute Gasteiger partial charge is 0.258 e. The first-order chi connectivity index (χ1) is 14.8. The number of aromatic amines is 1. The Kier molecular flexibility index (Phi) is 5.88. The number of anilines is 1. The number of sulfonamides is 1. The van der Waals surface area contributed by atoms with E-state index in [1.54, 1.807) is 19.1 Å². The van der Waals surface area contributed by atoms with Gasteiger partial charge in [-0.15, -0.1) is 5.10 Å². The van der Waals surface area contributed by atoms with Crippen molar-refractivity contribution in [1.82, 2.24) is 19.5 Å². The maximum absolute atomic E-state index is 13.1. The zero-order chi connectivity index (χ0) is 22.0. The second-order valence-corrected chi connectivity index (χ2v) is 9.68. The number of rotatable bonds is 5. The van der Waals surface area contributed by atoms with Gasteiger partial charge in [0.25, 0.3) is 5.91 Å². The largest absolute Gasteiger partial charge is 0.289 e. The number of carbonyl (C=O) groups is 1. The third-order valence-electron chi connectivity index (χ3n) is 5.42. The molecule has 0 bridgehead atoms. The molecule has 3 aromatic rings. The fraction of sp³-hybridized carbons (Fsp3) is 0.318. The normalized spacial score (nSPS) is 15.0. The first-order valence-corrected chi connectivity index (χ1v) is 11.7.